The molecule has 2 aromatic carbocycles. The van der Waals surface area contributed by atoms with E-state index in [0.29, 0.717) is 21.2 Å². The molecular weight excluding hydrogens is 307 g/mol. The Kier molecular flexibility index (Phi) is 4.85. The molecule has 106 valence electrons. The van der Waals surface area contributed by atoms with Gasteiger partial charge in [-0.3, -0.25) is 4.79 Å². The Morgan fingerprint density at radius 2 is 2.00 bits per heavy atom. The fourth-order valence-corrected chi connectivity index (χ4v) is 2.31. The molecule has 2 aromatic rings. The minimum absolute atomic E-state index is 0.132. The summed E-state index contributed by atoms with van der Waals surface area (Å²) in [5, 5.41) is 9.75. The topological polar surface area (TPSA) is 44.1 Å². The number of hydrogen-bond donors (Lipinski definition) is 0. The number of rotatable bonds is 4. The number of hydrogen-bond acceptors (Lipinski definition) is 3. The van der Waals surface area contributed by atoms with E-state index in [9.17, 15) is 4.79 Å². The van der Waals surface area contributed by atoms with Gasteiger partial charge in [0.25, 0.3) is 0 Å². The normalized spacial score (nSPS) is 10.0. The van der Waals surface area contributed by atoms with Crippen LogP contribution in [0.5, 0.6) is 0 Å². The summed E-state index contributed by atoms with van der Waals surface area (Å²) in [5.41, 5.74) is 1.74. The molecule has 0 aliphatic rings. The van der Waals surface area contributed by atoms with Crippen molar-refractivity contribution < 1.29 is 4.79 Å². The summed E-state index contributed by atoms with van der Waals surface area (Å²) in [6, 6.07) is 13.9. The fraction of sp³-hybridized carbons (Fsp3) is 0.125. The molecule has 0 saturated heterocycles. The molecule has 0 amide bonds. The van der Waals surface area contributed by atoms with Crippen molar-refractivity contribution in [3.63, 3.8) is 0 Å². The van der Waals surface area contributed by atoms with Crippen LogP contribution >= 0.6 is 23.2 Å². The molecule has 0 bridgehead atoms. The van der Waals surface area contributed by atoms with E-state index in [4.69, 9.17) is 28.5 Å². The standard InChI is InChI=1S/C16H12Cl2N2O/c1-20(13-4-2-3-11(7-13)9-19)10-16(21)14-8-12(17)5-6-15(14)18/h2-8H,10H2,1H3. The highest BCUT2D eigenvalue weighted by molar-refractivity contribution is 6.36. The predicted molar refractivity (Wildman–Crippen MR) is 85.2 cm³/mol. The highest BCUT2D eigenvalue weighted by Gasteiger charge is 2.14. The highest BCUT2D eigenvalue weighted by Crippen LogP contribution is 2.22. The van der Waals surface area contributed by atoms with Crippen molar-refractivity contribution in [2.75, 3.05) is 18.5 Å². The van der Waals surface area contributed by atoms with Crippen molar-refractivity contribution >= 4 is 34.7 Å². The average molecular weight is 319 g/mol. The van der Waals surface area contributed by atoms with Crippen molar-refractivity contribution in [3.05, 3.63) is 63.6 Å². The van der Waals surface area contributed by atoms with Crippen LogP contribution < -0.4 is 4.90 Å². The van der Waals surface area contributed by atoms with Gasteiger partial charge in [0, 0.05) is 23.3 Å². The third kappa shape index (κ3) is 3.75. The van der Waals surface area contributed by atoms with Gasteiger partial charge >= 0.3 is 0 Å². The monoisotopic (exact) mass is 318 g/mol. The molecule has 0 saturated carbocycles. The number of ketones is 1. The molecule has 0 radical (unpaired) electrons. The minimum atomic E-state index is -0.132. The van der Waals surface area contributed by atoms with Gasteiger partial charge < -0.3 is 4.90 Å². The SMILES string of the molecule is CN(CC(=O)c1cc(Cl)ccc1Cl)c1cccc(C#N)c1. The van der Waals surface area contributed by atoms with Gasteiger partial charge in [-0.25, -0.2) is 0 Å². The lowest BCUT2D eigenvalue weighted by Gasteiger charge is -2.19. The quantitative estimate of drug-likeness (QED) is 0.794. The van der Waals surface area contributed by atoms with E-state index in [2.05, 4.69) is 6.07 Å². The fourth-order valence-electron chi connectivity index (χ4n) is 1.92. The van der Waals surface area contributed by atoms with Crippen LogP contribution in [0.2, 0.25) is 10.0 Å². The van der Waals surface area contributed by atoms with Crippen LogP contribution in [0, 0.1) is 11.3 Å². The summed E-state index contributed by atoms with van der Waals surface area (Å²) >= 11 is 11.9. The lowest BCUT2D eigenvalue weighted by Crippen LogP contribution is -2.25. The minimum Gasteiger partial charge on any atom is -0.367 e. The zero-order valence-electron chi connectivity index (χ0n) is 11.3. The number of likely N-dealkylation sites (N-methyl/N-ethyl adjacent to an activating group) is 1. The molecule has 0 aromatic heterocycles. The molecule has 0 fully saturated rings. The predicted octanol–water partition coefficient (Wildman–Crippen LogP) is 4.18. The van der Waals surface area contributed by atoms with Gasteiger partial charge in [0.05, 0.1) is 23.2 Å². The molecular formula is C16H12Cl2N2O. The van der Waals surface area contributed by atoms with Crippen LogP contribution in [0.4, 0.5) is 5.69 Å². The van der Waals surface area contributed by atoms with Gasteiger partial charge in [0.1, 0.15) is 0 Å². The van der Waals surface area contributed by atoms with E-state index in [1.165, 1.54) is 0 Å². The molecule has 0 heterocycles. The van der Waals surface area contributed by atoms with Crippen molar-refractivity contribution in [1.82, 2.24) is 0 Å². The van der Waals surface area contributed by atoms with Crippen LogP contribution in [0.1, 0.15) is 15.9 Å². The summed E-state index contributed by atoms with van der Waals surface area (Å²) in [6.07, 6.45) is 0. The first-order valence-electron chi connectivity index (χ1n) is 6.21. The van der Waals surface area contributed by atoms with E-state index >= 15 is 0 Å². The lowest BCUT2D eigenvalue weighted by atomic mass is 10.1. The maximum absolute atomic E-state index is 12.3. The third-order valence-corrected chi connectivity index (χ3v) is 3.59. The number of benzene rings is 2. The first-order valence-corrected chi connectivity index (χ1v) is 6.96. The second-order valence-electron chi connectivity index (χ2n) is 4.57. The number of Topliss-reactive ketones (excluding diaryl/α,β-unsaturated/α-hetero) is 1. The van der Waals surface area contributed by atoms with Crippen LogP contribution in [0.3, 0.4) is 0 Å². The zero-order valence-corrected chi connectivity index (χ0v) is 12.8. The highest BCUT2D eigenvalue weighted by atomic mass is 35.5. The first kappa shape index (κ1) is 15.4. The second-order valence-corrected chi connectivity index (χ2v) is 5.41. The Hall–Kier alpha value is -2.02. The summed E-state index contributed by atoms with van der Waals surface area (Å²) < 4.78 is 0. The number of carbonyl (C=O) groups excluding carboxylic acids is 1. The molecule has 5 heteroatoms. The first-order chi connectivity index (χ1) is 10.0. The summed E-state index contributed by atoms with van der Waals surface area (Å²) in [7, 11) is 1.78. The van der Waals surface area contributed by atoms with Gasteiger partial charge in [-0.05, 0) is 36.4 Å². The Labute approximate surface area is 133 Å². The number of anilines is 1. The van der Waals surface area contributed by atoms with Gasteiger partial charge in [-0.15, -0.1) is 0 Å². The summed E-state index contributed by atoms with van der Waals surface area (Å²) in [5.74, 6) is -0.132. The molecule has 3 nitrogen and oxygen atoms in total. The molecule has 2 rings (SSSR count). The Bertz CT molecular complexity index is 722. The largest absolute Gasteiger partial charge is 0.367 e. The van der Waals surface area contributed by atoms with Gasteiger partial charge in [0.15, 0.2) is 5.78 Å². The molecule has 0 spiro atoms. The van der Waals surface area contributed by atoms with E-state index in [-0.39, 0.29) is 12.3 Å². The molecule has 0 aliphatic heterocycles. The van der Waals surface area contributed by atoms with E-state index in [1.807, 2.05) is 6.07 Å². The molecule has 21 heavy (non-hydrogen) atoms. The summed E-state index contributed by atoms with van der Waals surface area (Å²) in [6.45, 7) is 0.148. The van der Waals surface area contributed by atoms with Crippen LogP contribution in [0.25, 0.3) is 0 Å². The third-order valence-electron chi connectivity index (χ3n) is 3.03. The maximum Gasteiger partial charge on any atom is 0.183 e. The van der Waals surface area contributed by atoms with E-state index in [1.54, 1.807) is 48.3 Å². The molecule has 0 aliphatic carbocycles. The van der Waals surface area contributed by atoms with E-state index < -0.39 is 0 Å². The van der Waals surface area contributed by atoms with Crippen molar-refractivity contribution in [2.45, 2.75) is 0 Å². The number of halogens is 2. The molecule has 0 atom stereocenters. The second kappa shape index (κ2) is 6.62. The summed E-state index contributed by atoms with van der Waals surface area (Å²) in [4.78, 5) is 14.1. The van der Waals surface area contributed by atoms with Gasteiger partial charge in [0.2, 0.25) is 0 Å². The van der Waals surface area contributed by atoms with Crippen LogP contribution in [-0.4, -0.2) is 19.4 Å². The Balaban J connectivity index is 2.19. The smallest absolute Gasteiger partial charge is 0.183 e. The maximum atomic E-state index is 12.3. The number of nitriles is 1. The zero-order chi connectivity index (χ0) is 15.4. The molecule has 0 N–H and O–H groups in total. The van der Waals surface area contributed by atoms with Gasteiger partial charge in [-0.2, -0.15) is 5.26 Å². The number of carbonyl (C=O) groups is 1. The van der Waals surface area contributed by atoms with Crippen LogP contribution in [0.15, 0.2) is 42.5 Å². The Morgan fingerprint density at radius 3 is 2.71 bits per heavy atom. The Morgan fingerprint density at radius 1 is 1.24 bits per heavy atom. The molecule has 0 unspecified atom stereocenters. The van der Waals surface area contributed by atoms with Crippen LogP contribution in [-0.2, 0) is 0 Å². The van der Waals surface area contributed by atoms with Crippen molar-refractivity contribution in [2.24, 2.45) is 0 Å². The van der Waals surface area contributed by atoms with Gasteiger partial charge in [-0.1, -0.05) is 29.3 Å². The van der Waals surface area contributed by atoms with Crippen molar-refractivity contribution in [1.29, 1.82) is 5.26 Å². The number of nitrogens with zero attached hydrogens (tertiary/aromatic N) is 2. The van der Waals surface area contributed by atoms with Crippen molar-refractivity contribution in [3.8, 4) is 6.07 Å². The lowest BCUT2D eigenvalue weighted by molar-refractivity contribution is 0.100. The average Bonchev–Trinajstić information content (AvgIpc) is 2.49. The van der Waals surface area contributed by atoms with E-state index in [0.717, 1.165) is 5.69 Å².